The molecule has 4 aliphatic rings. The molecule has 2 aliphatic heterocycles. The van der Waals surface area contributed by atoms with Gasteiger partial charge in [-0.25, -0.2) is 4.79 Å². The summed E-state index contributed by atoms with van der Waals surface area (Å²) in [6.07, 6.45) is 6.41. The summed E-state index contributed by atoms with van der Waals surface area (Å²) in [5.74, 6) is -1.22. The monoisotopic (exact) mass is 498 g/mol. The first-order valence-corrected chi connectivity index (χ1v) is 13.6. The highest BCUT2D eigenvalue weighted by Crippen LogP contribution is 2.41. The van der Waals surface area contributed by atoms with Crippen molar-refractivity contribution >= 4 is 17.7 Å². The van der Waals surface area contributed by atoms with Gasteiger partial charge in [-0.2, -0.15) is 0 Å². The van der Waals surface area contributed by atoms with E-state index in [0.717, 1.165) is 30.6 Å². The van der Waals surface area contributed by atoms with Crippen molar-refractivity contribution in [2.24, 2.45) is 11.8 Å². The van der Waals surface area contributed by atoms with Gasteiger partial charge in [0.25, 0.3) is 0 Å². The average molecular weight is 499 g/mol. The van der Waals surface area contributed by atoms with E-state index < -0.39 is 23.5 Å². The predicted octanol–water partition coefficient (Wildman–Crippen LogP) is 2.53. The number of fused-ring (bicyclic) bond motifs is 2. The molecule has 3 N–H and O–H groups in total. The largest absolute Gasteiger partial charge is 0.508 e. The van der Waals surface area contributed by atoms with Gasteiger partial charge in [0, 0.05) is 37.9 Å². The van der Waals surface area contributed by atoms with E-state index in [2.05, 4.69) is 4.90 Å². The van der Waals surface area contributed by atoms with Crippen LogP contribution in [0.4, 0.5) is 0 Å². The number of carboxylic acid groups (broad SMARTS) is 1. The third kappa shape index (κ3) is 5.30. The molecular formula is C28H38N2O6. The molecule has 2 aliphatic carbocycles. The number of nitrogens with zero attached hydrogens (tertiary/aromatic N) is 2. The Balaban J connectivity index is 1.45. The maximum absolute atomic E-state index is 13.5. The number of ketones is 1. The predicted molar refractivity (Wildman–Crippen MR) is 133 cm³/mol. The van der Waals surface area contributed by atoms with Crippen molar-refractivity contribution in [1.29, 1.82) is 0 Å². The van der Waals surface area contributed by atoms with E-state index in [1.807, 2.05) is 6.07 Å². The molecule has 1 amide bonds. The van der Waals surface area contributed by atoms with Crippen molar-refractivity contribution in [3.63, 3.8) is 0 Å². The number of carbonyl (C=O) groups excluding carboxylic acids is 2. The summed E-state index contributed by atoms with van der Waals surface area (Å²) < 4.78 is 0. The molecule has 196 valence electrons. The summed E-state index contributed by atoms with van der Waals surface area (Å²) in [5.41, 5.74) is 0.861. The van der Waals surface area contributed by atoms with Crippen LogP contribution in [0.2, 0.25) is 0 Å². The third-order valence-corrected chi connectivity index (χ3v) is 8.88. The normalized spacial score (nSPS) is 31.5. The molecular weight excluding hydrogens is 460 g/mol. The van der Waals surface area contributed by atoms with Crippen molar-refractivity contribution < 1.29 is 29.7 Å². The number of piperidine rings is 1. The Morgan fingerprint density at radius 3 is 2.61 bits per heavy atom. The highest BCUT2D eigenvalue weighted by atomic mass is 16.4. The van der Waals surface area contributed by atoms with Crippen molar-refractivity contribution in [2.75, 3.05) is 19.6 Å². The molecule has 0 bridgehead atoms. The fourth-order valence-electron chi connectivity index (χ4n) is 6.75. The number of aliphatic carboxylic acids is 1. The van der Waals surface area contributed by atoms with Crippen LogP contribution in [0.25, 0.3) is 0 Å². The first kappa shape index (κ1) is 25.2. The van der Waals surface area contributed by atoms with Gasteiger partial charge >= 0.3 is 5.97 Å². The Kier molecular flexibility index (Phi) is 7.10. The highest BCUT2D eigenvalue weighted by molar-refractivity contribution is 5.89. The van der Waals surface area contributed by atoms with E-state index in [1.54, 1.807) is 12.1 Å². The van der Waals surface area contributed by atoms with Gasteiger partial charge in [-0.05, 0) is 93.5 Å². The Labute approximate surface area is 212 Å². The summed E-state index contributed by atoms with van der Waals surface area (Å²) in [6.45, 7) is 2.24. The summed E-state index contributed by atoms with van der Waals surface area (Å²) in [6, 6.07) is 4.31. The number of phenolic OH excluding ortho intramolecular Hbond substituents is 1. The van der Waals surface area contributed by atoms with Gasteiger partial charge < -0.3 is 20.2 Å². The summed E-state index contributed by atoms with van der Waals surface area (Å²) in [4.78, 5) is 42.2. The molecule has 0 aromatic heterocycles. The van der Waals surface area contributed by atoms with E-state index in [9.17, 15) is 29.7 Å². The minimum Gasteiger partial charge on any atom is -0.508 e. The molecule has 1 aromatic carbocycles. The van der Waals surface area contributed by atoms with Crippen LogP contribution in [-0.4, -0.2) is 80.1 Å². The van der Waals surface area contributed by atoms with E-state index in [0.29, 0.717) is 44.6 Å². The third-order valence-electron chi connectivity index (χ3n) is 8.88. The minimum atomic E-state index is -1.11. The van der Waals surface area contributed by atoms with Crippen LogP contribution in [0.15, 0.2) is 18.2 Å². The molecule has 8 heteroatoms. The van der Waals surface area contributed by atoms with Crippen molar-refractivity contribution in [3.05, 3.63) is 29.3 Å². The number of benzene rings is 1. The van der Waals surface area contributed by atoms with Gasteiger partial charge in [0.2, 0.25) is 5.91 Å². The van der Waals surface area contributed by atoms with Crippen LogP contribution < -0.4 is 0 Å². The lowest BCUT2D eigenvalue weighted by Gasteiger charge is -2.49. The Hall–Kier alpha value is -2.45. The summed E-state index contributed by atoms with van der Waals surface area (Å²) >= 11 is 0. The number of aromatic hydroxyl groups is 1. The van der Waals surface area contributed by atoms with Crippen LogP contribution in [-0.2, 0) is 27.2 Å². The minimum absolute atomic E-state index is 0.0623. The molecule has 8 nitrogen and oxygen atoms in total. The zero-order valence-electron chi connectivity index (χ0n) is 20.9. The molecule has 0 unspecified atom stereocenters. The van der Waals surface area contributed by atoms with Gasteiger partial charge in [-0.15, -0.1) is 0 Å². The number of Topliss-reactive ketones (excluding diaryl/α,β-unsaturated/α-hetero) is 1. The molecule has 36 heavy (non-hydrogen) atoms. The Morgan fingerprint density at radius 2 is 1.86 bits per heavy atom. The number of aryl methyl sites for hydroxylation is 1. The molecule has 3 fully saturated rings. The Morgan fingerprint density at radius 1 is 1.06 bits per heavy atom. The fourth-order valence-corrected chi connectivity index (χ4v) is 6.75. The molecule has 2 heterocycles. The number of aliphatic hydroxyl groups is 1. The number of carboxylic acids is 1. The van der Waals surface area contributed by atoms with Crippen molar-refractivity contribution in [1.82, 2.24) is 9.80 Å². The second-order valence-corrected chi connectivity index (χ2v) is 11.5. The average Bonchev–Trinajstić information content (AvgIpc) is 3.50. The molecule has 1 aromatic rings. The number of amides is 1. The molecule has 1 saturated carbocycles. The smallest absolute Gasteiger partial charge is 0.326 e. The molecule has 5 rings (SSSR count). The van der Waals surface area contributed by atoms with E-state index in [-0.39, 0.29) is 42.7 Å². The van der Waals surface area contributed by atoms with Gasteiger partial charge in [0.1, 0.15) is 17.6 Å². The lowest BCUT2D eigenvalue weighted by molar-refractivity contribution is -0.150. The zero-order chi connectivity index (χ0) is 25.4. The van der Waals surface area contributed by atoms with Crippen molar-refractivity contribution in [3.8, 4) is 5.75 Å². The van der Waals surface area contributed by atoms with E-state index in [4.69, 9.17) is 0 Å². The van der Waals surface area contributed by atoms with Gasteiger partial charge in [-0.3, -0.25) is 14.5 Å². The van der Waals surface area contributed by atoms with Gasteiger partial charge in [-0.1, -0.05) is 6.07 Å². The van der Waals surface area contributed by atoms with Crippen LogP contribution in [0.3, 0.4) is 0 Å². The molecule has 0 spiro atoms. The maximum Gasteiger partial charge on any atom is 0.326 e. The lowest BCUT2D eigenvalue weighted by atomic mass is 9.72. The first-order chi connectivity index (χ1) is 17.2. The van der Waals surface area contributed by atoms with Crippen LogP contribution >= 0.6 is 0 Å². The standard InChI is InChI=1S/C28H38N2O6/c31-22-8-6-20-14-25-28(36,10-2-11-29(25)17-18-4-5-18)16-21(24(32)9-7-19(20)13-22)15-26(33)30-12-1-3-23(30)27(34)35/h6,8,13,18,21,23,25,31,36H,1-5,7,9-12,14-17H2,(H,34,35)/t21-,23-,25+,28+/m0/s1. The lowest BCUT2D eigenvalue weighted by Crippen LogP contribution is -2.59. The summed E-state index contributed by atoms with van der Waals surface area (Å²) in [7, 11) is 0. The first-order valence-electron chi connectivity index (χ1n) is 13.6. The maximum atomic E-state index is 13.5. The SMILES string of the molecule is O=C1CCc2cc(O)ccc2C[C@H]2N(CC3CC3)CCC[C@@]2(O)C[C@@H]1CC(=O)N1CCC[C@H]1C(=O)O. The van der Waals surface area contributed by atoms with Crippen LogP contribution in [0.5, 0.6) is 5.75 Å². The number of carbonyl (C=O) groups is 3. The second kappa shape index (κ2) is 10.1. The zero-order valence-corrected chi connectivity index (χ0v) is 20.9. The second-order valence-electron chi connectivity index (χ2n) is 11.5. The van der Waals surface area contributed by atoms with Gasteiger partial charge in [0.15, 0.2) is 0 Å². The number of likely N-dealkylation sites (tertiary alicyclic amines) is 2. The number of hydrogen-bond acceptors (Lipinski definition) is 6. The van der Waals surface area contributed by atoms with E-state index in [1.165, 1.54) is 17.7 Å². The van der Waals surface area contributed by atoms with Crippen LogP contribution in [0, 0.1) is 11.8 Å². The Bertz CT molecular complexity index is 1020. The van der Waals surface area contributed by atoms with E-state index >= 15 is 0 Å². The summed E-state index contributed by atoms with van der Waals surface area (Å²) in [5, 5.41) is 31.8. The quantitative estimate of drug-likeness (QED) is 0.571. The van der Waals surface area contributed by atoms with Crippen molar-refractivity contribution in [2.45, 2.75) is 88.3 Å². The van der Waals surface area contributed by atoms with Crippen LogP contribution in [0.1, 0.15) is 68.9 Å². The highest BCUT2D eigenvalue weighted by Gasteiger charge is 2.47. The molecule has 0 radical (unpaired) electrons. The fraction of sp³-hybridized carbons (Fsp3) is 0.679. The topological polar surface area (TPSA) is 118 Å². The molecule has 2 saturated heterocycles. The molecule has 4 atom stereocenters. The van der Waals surface area contributed by atoms with Gasteiger partial charge in [0.05, 0.1) is 5.60 Å². The number of hydrogen-bond donors (Lipinski definition) is 3. The number of phenols is 1. The number of rotatable bonds is 5.